The van der Waals surface area contributed by atoms with Gasteiger partial charge >= 0.3 is 0 Å². The smallest absolute Gasteiger partial charge is 0.139 e. The number of ketones is 1. The van der Waals surface area contributed by atoms with Crippen molar-refractivity contribution in [2.45, 2.75) is 64.7 Å². The first kappa shape index (κ1) is 13.7. The molecule has 0 N–H and O–H groups in total. The number of carbonyl (C=O) groups excluding carboxylic acids is 2. The molecule has 2 heteroatoms. The Bertz CT molecular complexity index is 520. The van der Waals surface area contributed by atoms with Crippen LogP contribution in [0, 0.1) is 28.6 Å². The predicted molar refractivity (Wildman–Crippen MR) is 81.7 cm³/mol. The van der Waals surface area contributed by atoms with E-state index in [0.29, 0.717) is 23.5 Å². The Morgan fingerprint density at radius 2 is 2.00 bits per heavy atom. The van der Waals surface area contributed by atoms with Crippen LogP contribution >= 0.6 is 0 Å². The van der Waals surface area contributed by atoms with Crippen LogP contribution in [0.2, 0.25) is 0 Å². The number of fused-ring (bicyclic) bond motifs is 5. The lowest BCUT2D eigenvalue weighted by molar-refractivity contribution is -0.135. The minimum atomic E-state index is -0.159. The van der Waals surface area contributed by atoms with E-state index in [4.69, 9.17) is 0 Å². The average molecular weight is 286 g/mol. The third kappa shape index (κ3) is 1.65. The van der Waals surface area contributed by atoms with Gasteiger partial charge in [-0.3, -0.25) is 4.79 Å². The minimum Gasteiger partial charge on any atom is -0.302 e. The molecule has 3 saturated carbocycles. The predicted octanol–water partition coefficient (Wildman–Crippen LogP) is 4.09. The molecule has 0 bridgehead atoms. The maximum absolute atomic E-state index is 12.4. The first-order valence-electron chi connectivity index (χ1n) is 8.81. The Kier molecular flexibility index (Phi) is 2.96. The molecule has 114 valence electrons. The zero-order chi connectivity index (χ0) is 14.7. The van der Waals surface area contributed by atoms with Crippen LogP contribution in [0.25, 0.3) is 0 Å². The summed E-state index contributed by atoms with van der Waals surface area (Å²) < 4.78 is 0. The number of hydrogen-bond acceptors (Lipinski definition) is 2. The van der Waals surface area contributed by atoms with E-state index < -0.39 is 0 Å². The highest BCUT2D eigenvalue weighted by atomic mass is 16.1. The molecular formula is C19H26O2. The summed E-state index contributed by atoms with van der Waals surface area (Å²) in [6, 6.07) is 0. The normalized spacial score (nSPS) is 48.9. The van der Waals surface area contributed by atoms with Crippen LogP contribution in [-0.4, -0.2) is 12.1 Å². The van der Waals surface area contributed by atoms with Crippen molar-refractivity contribution in [3.05, 3.63) is 11.6 Å². The third-order valence-electron chi connectivity index (χ3n) is 7.55. The van der Waals surface area contributed by atoms with Crippen molar-refractivity contribution >= 4 is 12.1 Å². The quantitative estimate of drug-likeness (QED) is 0.537. The Hall–Kier alpha value is -0.920. The van der Waals surface area contributed by atoms with Crippen molar-refractivity contribution < 1.29 is 9.59 Å². The van der Waals surface area contributed by atoms with Crippen LogP contribution in [0.15, 0.2) is 11.6 Å². The second kappa shape index (κ2) is 4.54. The molecule has 0 spiro atoms. The maximum atomic E-state index is 12.4. The van der Waals surface area contributed by atoms with E-state index in [-0.39, 0.29) is 10.8 Å². The van der Waals surface area contributed by atoms with Crippen molar-refractivity contribution in [1.29, 1.82) is 0 Å². The number of Topliss-reactive ketones (excluding diaryl/α,β-unsaturated/α-hetero) is 1. The standard InChI is InChI=1S/C19H26O2/c1-18-11-9-16-14(15(18)7-8-17(18)21)6-5-13-4-2-3-10-19(13,16)12-20/h4,12,14-16H,2-3,5-11H2,1H3/t14-,15-,16+,18-,19+/m0/s1. The molecule has 0 aromatic heterocycles. The molecule has 21 heavy (non-hydrogen) atoms. The third-order valence-corrected chi connectivity index (χ3v) is 7.55. The zero-order valence-electron chi connectivity index (χ0n) is 13.1. The lowest BCUT2D eigenvalue weighted by Gasteiger charge is -2.56. The molecule has 0 saturated heterocycles. The molecule has 4 rings (SSSR count). The van der Waals surface area contributed by atoms with Crippen molar-refractivity contribution in [2.75, 3.05) is 0 Å². The van der Waals surface area contributed by atoms with Gasteiger partial charge < -0.3 is 4.79 Å². The van der Waals surface area contributed by atoms with Crippen molar-refractivity contribution in [1.82, 2.24) is 0 Å². The molecule has 0 radical (unpaired) electrons. The summed E-state index contributed by atoms with van der Waals surface area (Å²) in [7, 11) is 0. The highest BCUT2D eigenvalue weighted by Crippen LogP contribution is 2.64. The molecule has 0 heterocycles. The van der Waals surface area contributed by atoms with E-state index in [0.717, 1.165) is 51.4 Å². The molecule has 0 aromatic carbocycles. The molecule has 0 aromatic rings. The molecule has 2 nitrogen and oxygen atoms in total. The minimum absolute atomic E-state index is 0.0683. The van der Waals surface area contributed by atoms with E-state index in [1.807, 2.05) is 0 Å². The fourth-order valence-corrected chi connectivity index (χ4v) is 6.42. The van der Waals surface area contributed by atoms with E-state index >= 15 is 0 Å². The molecular weight excluding hydrogens is 260 g/mol. The lowest BCUT2D eigenvalue weighted by Crippen LogP contribution is -2.51. The van der Waals surface area contributed by atoms with Crippen LogP contribution in [-0.2, 0) is 9.59 Å². The van der Waals surface area contributed by atoms with Crippen LogP contribution in [0.4, 0.5) is 0 Å². The first-order valence-corrected chi connectivity index (χ1v) is 8.81. The summed E-state index contributed by atoms with van der Waals surface area (Å²) in [5, 5.41) is 0. The van der Waals surface area contributed by atoms with Crippen molar-refractivity contribution in [3.63, 3.8) is 0 Å². The fraction of sp³-hybridized carbons (Fsp3) is 0.789. The van der Waals surface area contributed by atoms with E-state index in [1.165, 1.54) is 18.3 Å². The first-order chi connectivity index (χ1) is 10.1. The van der Waals surface area contributed by atoms with Gasteiger partial charge in [-0.1, -0.05) is 18.6 Å². The Morgan fingerprint density at radius 1 is 1.14 bits per heavy atom. The Balaban J connectivity index is 1.73. The number of hydrogen-bond donors (Lipinski definition) is 0. The van der Waals surface area contributed by atoms with Gasteiger partial charge in [0.25, 0.3) is 0 Å². The van der Waals surface area contributed by atoms with E-state index in [9.17, 15) is 9.59 Å². The molecule has 0 unspecified atom stereocenters. The number of allylic oxidation sites excluding steroid dienone is 2. The largest absolute Gasteiger partial charge is 0.302 e. The van der Waals surface area contributed by atoms with Crippen LogP contribution in [0.3, 0.4) is 0 Å². The van der Waals surface area contributed by atoms with Gasteiger partial charge in [0.2, 0.25) is 0 Å². The van der Waals surface area contributed by atoms with Crippen LogP contribution in [0.1, 0.15) is 64.7 Å². The van der Waals surface area contributed by atoms with Gasteiger partial charge in [-0.2, -0.15) is 0 Å². The number of rotatable bonds is 1. The molecule has 5 atom stereocenters. The maximum Gasteiger partial charge on any atom is 0.139 e. The monoisotopic (exact) mass is 286 g/mol. The second-order valence-corrected chi connectivity index (χ2v) is 8.11. The molecule has 3 fully saturated rings. The summed E-state index contributed by atoms with van der Waals surface area (Å²) in [6.45, 7) is 2.21. The zero-order valence-corrected chi connectivity index (χ0v) is 13.1. The van der Waals surface area contributed by atoms with Gasteiger partial charge in [0.1, 0.15) is 12.1 Å². The van der Waals surface area contributed by atoms with Gasteiger partial charge in [0, 0.05) is 17.3 Å². The molecule has 4 aliphatic carbocycles. The van der Waals surface area contributed by atoms with E-state index in [2.05, 4.69) is 13.0 Å². The molecule has 4 aliphatic rings. The summed E-state index contributed by atoms with van der Waals surface area (Å²) in [5.41, 5.74) is 1.22. The van der Waals surface area contributed by atoms with Crippen LogP contribution in [0.5, 0.6) is 0 Å². The Morgan fingerprint density at radius 3 is 2.81 bits per heavy atom. The highest BCUT2D eigenvalue weighted by Gasteiger charge is 2.59. The van der Waals surface area contributed by atoms with Gasteiger partial charge in [0.15, 0.2) is 0 Å². The summed E-state index contributed by atoms with van der Waals surface area (Å²) in [6.07, 6.45) is 13.3. The van der Waals surface area contributed by atoms with Gasteiger partial charge in [-0.25, -0.2) is 0 Å². The second-order valence-electron chi connectivity index (χ2n) is 8.11. The van der Waals surface area contributed by atoms with E-state index in [1.54, 1.807) is 0 Å². The topological polar surface area (TPSA) is 34.1 Å². The SMILES string of the molecule is C[C@]12CC[C@@H]3[C@@H](CCC4=CCCC[C@@]43C=O)[C@@H]1CCC2=O. The van der Waals surface area contributed by atoms with Crippen molar-refractivity contribution in [2.24, 2.45) is 28.6 Å². The fourth-order valence-electron chi connectivity index (χ4n) is 6.42. The Labute approximate surface area is 127 Å². The average Bonchev–Trinajstić information content (AvgIpc) is 2.82. The van der Waals surface area contributed by atoms with Crippen molar-refractivity contribution in [3.8, 4) is 0 Å². The summed E-state index contributed by atoms with van der Waals surface area (Å²) >= 11 is 0. The number of carbonyl (C=O) groups is 2. The molecule has 0 aliphatic heterocycles. The molecule has 0 amide bonds. The number of aldehydes is 1. The van der Waals surface area contributed by atoms with Gasteiger partial charge in [0.05, 0.1) is 0 Å². The summed E-state index contributed by atoms with van der Waals surface area (Å²) in [5.74, 6) is 2.16. The van der Waals surface area contributed by atoms with Gasteiger partial charge in [-0.05, 0) is 69.1 Å². The van der Waals surface area contributed by atoms with Gasteiger partial charge in [-0.15, -0.1) is 0 Å². The van der Waals surface area contributed by atoms with Crippen LogP contribution < -0.4 is 0 Å². The highest BCUT2D eigenvalue weighted by molar-refractivity contribution is 5.87. The summed E-state index contributed by atoms with van der Waals surface area (Å²) in [4.78, 5) is 24.5. The lowest BCUT2D eigenvalue weighted by atomic mass is 9.47.